The highest BCUT2D eigenvalue weighted by molar-refractivity contribution is 7.99. The highest BCUT2D eigenvalue weighted by Gasteiger charge is 2.46. The van der Waals surface area contributed by atoms with Crippen LogP contribution in [0.15, 0.2) is 4.58 Å². The number of nitrogens with zero attached hydrogens (tertiary/aromatic N) is 1. The van der Waals surface area contributed by atoms with Crippen LogP contribution in [0.25, 0.3) is 0 Å². The van der Waals surface area contributed by atoms with Crippen molar-refractivity contribution in [1.29, 1.82) is 0 Å². The predicted octanol–water partition coefficient (Wildman–Crippen LogP) is 0.540. The second-order valence-electron chi connectivity index (χ2n) is 3.81. The van der Waals surface area contributed by atoms with E-state index in [1.807, 2.05) is 0 Å². The van der Waals surface area contributed by atoms with Crippen molar-refractivity contribution in [3.05, 3.63) is 4.91 Å². The molecule has 17 heavy (non-hydrogen) atoms. The number of nitrogens with one attached hydrogen (secondary N) is 1. The third-order valence-corrected chi connectivity index (χ3v) is 3.76. The van der Waals surface area contributed by atoms with Gasteiger partial charge in [0.25, 0.3) is 0 Å². The zero-order valence-corrected chi connectivity index (χ0v) is 10.2. The van der Waals surface area contributed by atoms with Crippen molar-refractivity contribution >= 4 is 23.8 Å². The maximum absolute atomic E-state index is 11.2. The number of carbonyl (C=O) groups is 2. The molecule has 0 aromatic heterocycles. The average Bonchev–Trinajstić information content (AvgIpc) is 2.27. The summed E-state index contributed by atoms with van der Waals surface area (Å²) in [4.78, 5) is 32.7. The van der Waals surface area contributed by atoms with E-state index >= 15 is 0 Å². The number of carbonyl (C=O) groups excluding carboxylic acids is 1. The van der Waals surface area contributed by atoms with Gasteiger partial charge in [0.15, 0.2) is 0 Å². The Morgan fingerprint density at radius 2 is 2.06 bits per heavy atom. The first-order valence-electron chi connectivity index (χ1n) is 5.10. The van der Waals surface area contributed by atoms with Crippen molar-refractivity contribution in [1.82, 2.24) is 5.32 Å². The van der Waals surface area contributed by atoms with Crippen molar-refractivity contribution in [2.75, 3.05) is 13.2 Å². The molecule has 0 radical (unpaired) electrons. The molecule has 0 bridgehead atoms. The Kier molecular flexibility index (Phi) is 4.88. The molecule has 0 aromatic rings. The van der Waals surface area contributed by atoms with Crippen LogP contribution in [0.4, 0.5) is 0 Å². The molecule has 0 aromatic carbocycles. The first kappa shape index (κ1) is 13.9. The molecule has 96 valence electrons. The summed E-state index contributed by atoms with van der Waals surface area (Å²) < 4.78 is 6.96. The Morgan fingerprint density at radius 3 is 2.47 bits per heavy atom. The second-order valence-corrected chi connectivity index (χ2v) is 4.96. The fourth-order valence-corrected chi connectivity index (χ4v) is 2.61. The maximum atomic E-state index is 11.2. The van der Waals surface area contributed by atoms with E-state index in [9.17, 15) is 14.5 Å². The van der Waals surface area contributed by atoms with Gasteiger partial charge in [-0.2, -0.15) is 0 Å². The molecule has 2 N–H and O–H groups in total. The Hall–Kier alpha value is -1.15. The molecule has 1 aliphatic rings. The number of hydrogen-bond donors (Lipinski definition) is 2. The first-order valence-corrected chi connectivity index (χ1v) is 5.88. The number of carboxylic acid groups (broad SMARTS) is 1. The quantitative estimate of drug-likeness (QED) is 0.553. The van der Waals surface area contributed by atoms with Crippen molar-refractivity contribution in [2.45, 2.75) is 30.6 Å². The van der Waals surface area contributed by atoms with E-state index in [1.165, 1.54) is 6.92 Å². The summed E-state index contributed by atoms with van der Waals surface area (Å²) in [6.07, 6.45) is 0.724. The molecule has 1 aliphatic heterocycles. The van der Waals surface area contributed by atoms with E-state index in [2.05, 4.69) is 9.90 Å². The lowest BCUT2D eigenvalue weighted by atomic mass is 9.90. The number of amides is 1. The molecule has 8 heteroatoms. The highest BCUT2D eigenvalue weighted by Crippen LogP contribution is 2.39. The van der Waals surface area contributed by atoms with Crippen molar-refractivity contribution in [3.8, 4) is 0 Å². The summed E-state index contributed by atoms with van der Waals surface area (Å²) in [5.74, 6) is -1.62. The van der Waals surface area contributed by atoms with Crippen LogP contribution in [-0.4, -0.2) is 41.0 Å². The molecule has 7 nitrogen and oxygen atoms in total. The maximum Gasteiger partial charge on any atom is 0.327 e. The number of aliphatic carboxylic acids is 1. The molecule has 1 fully saturated rings. The molecule has 0 saturated carbocycles. The molecular formula is C9H14N2O5S. The van der Waals surface area contributed by atoms with Crippen molar-refractivity contribution < 1.29 is 19.4 Å². The second kappa shape index (κ2) is 5.97. The third-order valence-electron chi connectivity index (χ3n) is 2.68. The van der Waals surface area contributed by atoms with E-state index in [4.69, 9.17) is 9.84 Å². The molecular weight excluding hydrogens is 248 g/mol. The zero-order valence-electron chi connectivity index (χ0n) is 9.34. The van der Waals surface area contributed by atoms with Crippen LogP contribution in [0.2, 0.25) is 0 Å². The summed E-state index contributed by atoms with van der Waals surface area (Å²) in [6, 6.07) is -1.13. The van der Waals surface area contributed by atoms with Gasteiger partial charge in [0, 0.05) is 36.7 Å². The van der Waals surface area contributed by atoms with Gasteiger partial charge in [-0.05, 0) is 12.8 Å². The summed E-state index contributed by atoms with van der Waals surface area (Å²) in [6.45, 7) is 1.94. The van der Waals surface area contributed by atoms with Gasteiger partial charge in [-0.25, -0.2) is 4.79 Å². The SMILES string of the molecule is CC(=O)NC(C(=O)O)C1(SN=O)CCOCC1. The molecule has 1 saturated heterocycles. The molecule has 1 rings (SSSR count). The molecule has 1 heterocycles. The Morgan fingerprint density at radius 1 is 1.47 bits per heavy atom. The summed E-state index contributed by atoms with van der Waals surface area (Å²) >= 11 is 0.672. The average molecular weight is 262 g/mol. The monoisotopic (exact) mass is 262 g/mol. The Bertz CT molecular complexity index is 317. The Balaban J connectivity index is 2.94. The number of nitroso groups, excluding NO2 is 1. The molecule has 0 aliphatic carbocycles. The van der Waals surface area contributed by atoms with Gasteiger partial charge in [-0.3, -0.25) is 4.79 Å². The van der Waals surface area contributed by atoms with Crippen molar-refractivity contribution in [3.63, 3.8) is 0 Å². The van der Waals surface area contributed by atoms with Gasteiger partial charge in [-0.1, -0.05) is 0 Å². The van der Waals surface area contributed by atoms with Crippen LogP contribution in [0.3, 0.4) is 0 Å². The van der Waals surface area contributed by atoms with E-state index in [0.717, 1.165) is 0 Å². The molecule has 1 atom stereocenters. The van der Waals surface area contributed by atoms with Gasteiger partial charge < -0.3 is 15.2 Å². The van der Waals surface area contributed by atoms with E-state index < -0.39 is 22.7 Å². The molecule has 1 unspecified atom stereocenters. The van der Waals surface area contributed by atoms with Crippen LogP contribution in [0, 0.1) is 4.91 Å². The lowest BCUT2D eigenvalue weighted by Crippen LogP contribution is -2.56. The normalized spacial score (nSPS) is 20.3. The number of carboxylic acids is 1. The first-order chi connectivity index (χ1) is 8.02. The third kappa shape index (κ3) is 3.40. The minimum Gasteiger partial charge on any atom is -0.480 e. The fourth-order valence-electron chi connectivity index (χ4n) is 1.85. The molecule has 0 spiro atoms. The minimum absolute atomic E-state index is 0.353. The van der Waals surface area contributed by atoms with E-state index in [1.54, 1.807) is 0 Å². The molecule has 1 amide bonds. The van der Waals surface area contributed by atoms with Gasteiger partial charge in [0.1, 0.15) is 6.04 Å². The van der Waals surface area contributed by atoms with E-state index in [0.29, 0.717) is 38.0 Å². The van der Waals surface area contributed by atoms with Gasteiger partial charge >= 0.3 is 5.97 Å². The smallest absolute Gasteiger partial charge is 0.327 e. The zero-order chi connectivity index (χ0) is 12.9. The standard InChI is InChI=1S/C9H14N2O5S/c1-6(12)10-7(8(13)14)9(17-11-15)2-4-16-5-3-9/h7H,2-5H2,1H3,(H,10,12)(H,13,14). The van der Waals surface area contributed by atoms with Crippen LogP contribution < -0.4 is 5.32 Å². The van der Waals surface area contributed by atoms with Crippen LogP contribution in [0.5, 0.6) is 0 Å². The van der Waals surface area contributed by atoms with Gasteiger partial charge in [-0.15, -0.1) is 4.91 Å². The lowest BCUT2D eigenvalue weighted by Gasteiger charge is -2.38. The van der Waals surface area contributed by atoms with Gasteiger partial charge in [0.05, 0.1) is 4.75 Å². The summed E-state index contributed by atoms with van der Waals surface area (Å²) in [7, 11) is 0. The lowest BCUT2D eigenvalue weighted by molar-refractivity contribution is -0.143. The fraction of sp³-hybridized carbons (Fsp3) is 0.778. The minimum atomic E-state index is -1.17. The van der Waals surface area contributed by atoms with E-state index in [-0.39, 0.29) is 0 Å². The largest absolute Gasteiger partial charge is 0.480 e. The number of hydrogen-bond acceptors (Lipinski definition) is 6. The van der Waals surface area contributed by atoms with Crippen LogP contribution in [0.1, 0.15) is 19.8 Å². The predicted molar refractivity (Wildman–Crippen MR) is 61.4 cm³/mol. The van der Waals surface area contributed by atoms with Gasteiger partial charge in [0.2, 0.25) is 5.91 Å². The van der Waals surface area contributed by atoms with Crippen LogP contribution in [-0.2, 0) is 14.3 Å². The Labute approximate surface area is 102 Å². The van der Waals surface area contributed by atoms with Crippen LogP contribution >= 0.6 is 11.9 Å². The number of ether oxygens (including phenoxy) is 1. The number of rotatable bonds is 5. The topological polar surface area (TPSA) is 105 Å². The highest BCUT2D eigenvalue weighted by atomic mass is 32.2. The summed E-state index contributed by atoms with van der Waals surface area (Å²) in [5.41, 5.74) is 0. The van der Waals surface area contributed by atoms with Crippen molar-refractivity contribution in [2.24, 2.45) is 4.58 Å². The summed E-state index contributed by atoms with van der Waals surface area (Å²) in [5, 5.41) is 11.5.